The second-order valence-corrected chi connectivity index (χ2v) is 5.62. The topological polar surface area (TPSA) is 41.6 Å². The number of halogens is 1. The summed E-state index contributed by atoms with van der Waals surface area (Å²) in [6.45, 7) is 0.710. The first-order chi connectivity index (χ1) is 9.22. The third kappa shape index (κ3) is 4.30. The standard InChI is InChI=1S/C14H20N2O2S.ClH/c1-16(14(17)12-9-19-10-15-12)8-7-11-5-3-4-6-13(11)18-2;/h3-6,12,15H,7-10H2,1-2H3;1H. The number of carbonyl (C=O) groups is 1. The SMILES string of the molecule is COc1ccccc1CCN(C)C(=O)C1CSCN1.Cl. The van der Waals surface area contributed by atoms with Crippen molar-refractivity contribution in [1.29, 1.82) is 0 Å². The van der Waals surface area contributed by atoms with Crippen LogP contribution in [0.1, 0.15) is 5.56 Å². The van der Waals surface area contributed by atoms with E-state index in [2.05, 4.69) is 5.32 Å². The second kappa shape index (κ2) is 8.39. The first-order valence-corrected chi connectivity index (χ1v) is 7.56. The second-order valence-electron chi connectivity index (χ2n) is 4.59. The Morgan fingerprint density at radius 3 is 2.90 bits per heavy atom. The van der Waals surface area contributed by atoms with E-state index in [-0.39, 0.29) is 24.4 Å². The van der Waals surface area contributed by atoms with Gasteiger partial charge in [0.1, 0.15) is 5.75 Å². The van der Waals surface area contributed by atoms with Gasteiger partial charge in [0, 0.05) is 25.2 Å². The minimum Gasteiger partial charge on any atom is -0.496 e. The quantitative estimate of drug-likeness (QED) is 0.899. The van der Waals surface area contributed by atoms with Crippen LogP contribution in [0.2, 0.25) is 0 Å². The van der Waals surface area contributed by atoms with Crippen molar-refractivity contribution in [2.45, 2.75) is 12.5 Å². The van der Waals surface area contributed by atoms with Crippen LogP contribution in [-0.2, 0) is 11.2 Å². The van der Waals surface area contributed by atoms with Crippen molar-refractivity contribution in [3.63, 3.8) is 0 Å². The minimum absolute atomic E-state index is 0. The molecule has 1 atom stereocenters. The molecule has 1 aliphatic rings. The van der Waals surface area contributed by atoms with Gasteiger partial charge in [-0.2, -0.15) is 0 Å². The van der Waals surface area contributed by atoms with Gasteiger partial charge in [0.15, 0.2) is 0 Å². The zero-order valence-corrected chi connectivity index (χ0v) is 13.4. The summed E-state index contributed by atoms with van der Waals surface area (Å²) in [5, 5.41) is 3.21. The summed E-state index contributed by atoms with van der Waals surface area (Å²) in [5.74, 6) is 2.81. The number of nitrogens with zero attached hydrogens (tertiary/aromatic N) is 1. The largest absolute Gasteiger partial charge is 0.496 e. The third-order valence-corrected chi connectivity index (χ3v) is 4.24. The zero-order valence-electron chi connectivity index (χ0n) is 11.8. The smallest absolute Gasteiger partial charge is 0.240 e. The van der Waals surface area contributed by atoms with E-state index in [1.54, 1.807) is 23.8 Å². The number of hydrogen-bond acceptors (Lipinski definition) is 4. The number of thioether (sulfide) groups is 1. The molecular formula is C14H21ClN2O2S. The highest BCUT2D eigenvalue weighted by molar-refractivity contribution is 7.99. The molecule has 0 radical (unpaired) electrons. The zero-order chi connectivity index (χ0) is 13.7. The van der Waals surface area contributed by atoms with Crippen molar-refractivity contribution >= 4 is 30.1 Å². The molecule has 1 fully saturated rings. The number of nitrogens with one attached hydrogen (secondary N) is 1. The highest BCUT2D eigenvalue weighted by atomic mass is 35.5. The van der Waals surface area contributed by atoms with E-state index in [0.717, 1.165) is 29.4 Å². The van der Waals surface area contributed by atoms with Gasteiger partial charge in [0.05, 0.1) is 13.2 Å². The number of hydrogen-bond donors (Lipinski definition) is 1. The summed E-state index contributed by atoms with van der Waals surface area (Å²) in [5.41, 5.74) is 1.14. The Kier molecular flexibility index (Phi) is 7.19. The molecule has 6 heteroatoms. The maximum Gasteiger partial charge on any atom is 0.240 e. The summed E-state index contributed by atoms with van der Waals surface area (Å²) in [6, 6.07) is 7.92. The summed E-state index contributed by atoms with van der Waals surface area (Å²) < 4.78 is 5.32. The number of para-hydroxylation sites is 1. The lowest BCUT2D eigenvalue weighted by Crippen LogP contribution is -2.43. The number of methoxy groups -OCH3 is 1. The molecular weight excluding hydrogens is 296 g/mol. The molecule has 112 valence electrons. The Hall–Kier alpha value is -0.910. The molecule has 0 spiro atoms. The number of amides is 1. The Balaban J connectivity index is 0.00000200. The molecule has 1 aromatic carbocycles. The van der Waals surface area contributed by atoms with Crippen LogP contribution in [0.4, 0.5) is 0 Å². The average Bonchev–Trinajstić information content (AvgIpc) is 2.98. The van der Waals surface area contributed by atoms with E-state index in [0.29, 0.717) is 6.54 Å². The van der Waals surface area contributed by atoms with Gasteiger partial charge in [0.25, 0.3) is 0 Å². The van der Waals surface area contributed by atoms with Crippen LogP contribution < -0.4 is 10.1 Å². The van der Waals surface area contributed by atoms with Crippen molar-refractivity contribution in [2.75, 3.05) is 32.3 Å². The van der Waals surface area contributed by atoms with Crippen molar-refractivity contribution in [3.05, 3.63) is 29.8 Å². The maximum atomic E-state index is 12.1. The molecule has 2 rings (SSSR count). The van der Waals surface area contributed by atoms with Gasteiger partial charge in [-0.25, -0.2) is 0 Å². The first kappa shape index (κ1) is 17.1. The summed E-state index contributed by atoms with van der Waals surface area (Å²) in [6.07, 6.45) is 0.812. The normalized spacial score (nSPS) is 17.4. The lowest BCUT2D eigenvalue weighted by molar-refractivity contribution is -0.131. The molecule has 0 aliphatic carbocycles. The molecule has 1 N–H and O–H groups in total. The molecule has 1 heterocycles. The van der Waals surface area contributed by atoms with Gasteiger partial charge in [-0.3, -0.25) is 10.1 Å². The molecule has 1 amide bonds. The van der Waals surface area contributed by atoms with Crippen LogP contribution >= 0.6 is 24.2 Å². The average molecular weight is 317 g/mol. The Morgan fingerprint density at radius 2 is 2.25 bits per heavy atom. The molecule has 1 unspecified atom stereocenters. The van der Waals surface area contributed by atoms with Gasteiger partial charge in [-0.15, -0.1) is 24.2 Å². The summed E-state index contributed by atoms with van der Waals surface area (Å²) in [4.78, 5) is 13.9. The van der Waals surface area contributed by atoms with Gasteiger partial charge >= 0.3 is 0 Å². The highest BCUT2D eigenvalue weighted by Gasteiger charge is 2.25. The van der Waals surface area contributed by atoms with E-state index in [1.165, 1.54) is 0 Å². The predicted molar refractivity (Wildman–Crippen MR) is 85.8 cm³/mol. The van der Waals surface area contributed by atoms with Crippen LogP contribution in [0.5, 0.6) is 5.75 Å². The molecule has 1 saturated heterocycles. The Labute approximate surface area is 130 Å². The Morgan fingerprint density at radius 1 is 1.50 bits per heavy atom. The van der Waals surface area contributed by atoms with E-state index < -0.39 is 0 Å². The molecule has 20 heavy (non-hydrogen) atoms. The third-order valence-electron chi connectivity index (χ3n) is 3.30. The number of likely N-dealkylation sites (N-methyl/N-ethyl adjacent to an activating group) is 1. The van der Waals surface area contributed by atoms with E-state index in [4.69, 9.17) is 4.74 Å². The number of rotatable bonds is 5. The fourth-order valence-corrected chi connectivity index (χ4v) is 3.06. The summed E-state index contributed by atoms with van der Waals surface area (Å²) in [7, 11) is 3.54. The fraction of sp³-hybridized carbons (Fsp3) is 0.500. The number of carbonyl (C=O) groups excluding carboxylic acids is 1. The van der Waals surface area contributed by atoms with Crippen LogP contribution in [0.15, 0.2) is 24.3 Å². The van der Waals surface area contributed by atoms with E-state index in [1.807, 2.05) is 31.3 Å². The van der Waals surface area contributed by atoms with Crippen LogP contribution in [-0.4, -0.2) is 49.2 Å². The highest BCUT2D eigenvalue weighted by Crippen LogP contribution is 2.18. The number of ether oxygens (including phenoxy) is 1. The lowest BCUT2D eigenvalue weighted by Gasteiger charge is -2.21. The molecule has 0 aromatic heterocycles. The van der Waals surface area contributed by atoms with Gasteiger partial charge in [0.2, 0.25) is 5.91 Å². The van der Waals surface area contributed by atoms with Crippen LogP contribution in [0.25, 0.3) is 0 Å². The lowest BCUT2D eigenvalue weighted by atomic mass is 10.1. The Bertz CT molecular complexity index is 439. The number of benzene rings is 1. The summed E-state index contributed by atoms with van der Waals surface area (Å²) >= 11 is 1.77. The van der Waals surface area contributed by atoms with Crippen molar-refractivity contribution in [2.24, 2.45) is 0 Å². The van der Waals surface area contributed by atoms with Crippen molar-refractivity contribution < 1.29 is 9.53 Å². The first-order valence-electron chi connectivity index (χ1n) is 6.40. The maximum absolute atomic E-state index is 12.1. The minimum atomic E-state index is -0.0207. The molecule has 1 aliphatic heterocycles. The fourth-order valence-electron chi connectivity index (χ4n) is 2.13. The molecule has 0 saturated carbocycles. The van der Waals surface area contributed by atoms with Gasteiger partial charge < -0.3 is 9.64 Å². The predicted octanol–water partition coefficient (Wildman–Crippen LogP) is 1.78. The molecule has 1 aromatic rings. The molecule has 0 bridgehead atoms. The van der Waals surface area contributed by atoms with Crippen LogP contribution in [0, 0.1) is 0 Å². The van der Waals surface area contributed by atoms with Gasteiger partial charge in [-0.05, 0) is 18.1 Å². The molecule has 4 nitrogen and oxygen atoms in total. The monoisotopic (exact) mass is 316 g/mol. The van der Waals surface area contributed by atoms with Crippen LogP contribution in [0.3, 0.4) is 0 Å². The van der Waals surface area contributed by atoms with Gasteiger partial charge in [-0.1, -0.05) is 18.2 Å². The van der Waals surface area contributed by atoms with E-state index >= 15 is 0 Å². The van der Waals surface area contributed by atoms with E-state index in [9.17, 15) is 4.79 Å². The van der Waals surface area contributed by atoms with Crippen molar-refractivity contribution in [3.8, 4) is 5.75 Å². The van der Waals surface area contributed by atoms with Crippen molar-refractivity contribution in [1.82, 2.24) is 10.2 Å².